The van der Waals surface area contributed by atoms with Gasteiger partial charge in [-0.15, -0.1) is 12.4 Å². The molecule has 0 spiro atoms. The van der Waals surface area contributed by atoms with Gasteiger partial charge in [-0.05, 0) is 48.2 Å². The van der Waals surface area contributed by atoms with Gasteiger partial charge in [-0.25, -0.2) is 0 Å². The van der Waals surface area contributed by atoms with E-state index in [-0.39, 0.29) is 24.4 Å². The molecule has 1 amide bonds. The number of carbonyl (C=O) groups excluding carboxylic acids is 1. The van der Waals surface area contributed by atoms with Crippen molar-refractivity contribution in [1.29, 1.82) is 0 Å². The number of benzene rings is 2. The van der Waals surface area contributed by atoms with Gasteiger partial charge in [-0.3, -0.25) is 4.79 Å². The molecule has 3 rings (SSSR count). The third-order valence-electron chi connectivity index (χ3n) is 4.20. The van der Waals surface area contributed by atoms with Crippen LogP contribution >= 0.6 is 12.4 Å². The maximum atomic E-state index is 12.0. The number of rotatable bonds is 5. The first kappa shape index (κ1) is 18.3. The predicted molar refractivity (Wildman–Crippen MR) is 98.5 cm³/mol. The van der Waals surface area contributed by atoms with Crippen molar-refractivity contribution in [2.24, 2.45) is 0 Å². The second-order valence-corrected chi connectivity index (χ2v) is 5.80. The van der Waals surface area contributed by atoms with Gasteiger partial charge in [0.05, 0.1) is 13.2 Å². The van der Waals surface area contributed by atoms with Crippen molar-refractivity contribution in [2.45, 2.75) is 25.4 Å². The van der Waals surface area contributed by atoms with Gasteiger partial charge in [0.25, 0.3) is 0 Å². The average molecular weight is 347 g/mol. The Morgan fingerprint density at radius 2 is 2.00 bits per heavy atom. The molecule has 2 N–H and O–H groups in total. The maximum Gasteiger partial charge on any atom is 0.237 e. The van der Waals surface area contributed by atoms with E-state index in [2.05, 4.69) is 41.0 Å². The summed E-state index contributed by atoms with van der Waals surface area (Å²) in [6.45, 7) is 1.50. The van der Waals surface area contributed by atoms with Crippen LogP contribution in [0.2, 0.25) is 0 Å². The molecule has 1 fully saturated rings. The number of halogens is 1. The van der Waals surface area contributed by atoms with Gasteiger partial charge in [0, 0.05) is 6.54 Å². The summed E-state index contributed by atoms with van der Waals surface area (Å²) in [5, 5.41) is 6.21. The highest BCUT2D eigenvalue weighted by Gasteiger charge is 2.21. The highest BCUT2D eigenvalue weighted by atomic mass is 35.5. The standard InChI is InChI=1S/C19H22N2O2.ClH/c1-23-17-5-2-4-16(12-17)15-9-7-14(8-10-15)13-21-19(22)18-6-3-11-20-18;/h2,4-5,7-10,12,18,20H,3,6,11,13H2,1H3,(H,21,22);1H. The SMILES string of the molecule is COc1cccc(-c2ccc(CNC(=O)C3CCCN3)cc2)c1.Cl. The molecule has 1 aliphatic heterocycles. The van der Waals surface area contributed by atoms with Gasteiger partial charge in [0.2, 0.25) is 5.91 Å². The molecule has 2 aromatic carbocycles. The Kier molecular flexibility index (Phi) is 6.64. The molecule has 128 valence electrons. The molecule has 1 heterocycles. The van der Waals surface area contributed by atoms with E-state index in [0.717, 1.165) is 41.8 Å². The van der Waals surface area contributed by atoms with Gasteiger partial charge in [0.1, 0.15) is 5.75 Å². The van der Waals surface area contributed by atoms with Crippen LogP contribution in [-0.2, 0) is 11.3 Å². The zero-order valence-electron chi connectivity index (χ0n) is 13.7. The third kappa shape index (κ3) is 4.49. The number of carbonyl (C=O) groups is 1. The molecule has 1 atom stereocenters. The zero-order valence-corrected chi connectivity index (χ0v) is 14.6. The highest BCUT2D eigenvalue weighted by Crippen LogP contribution is 2.24. The maximum absolute atomic E-state index is 12.0. The van der Waals surface area contributed by atoms with Crippen molar-refractivity contribution in [3.8, 4) is 16.9 Å². The lowest BCUT2D eigenvalue weighted by molar-refractivity contribution is -0.122. The first-order chi connectivity index (χ1) is 11.3. The first-order valence-corrected chi connectivity index (χ1v) is 8.01. The summed E-state index contributed by atoms with van der Waals surface area (Å²) in [4.78, 5) is 12.0. The van der Waals surface area contributed by atoms with Crippen LogP contribution in [-0.4, -0.2) is 25.6 Å². The average Bonchev–Trinajstić information content (AvgIpc) is 3.15. The van der Waals surface area contributed by atoms with Crippen LogP contribution in [0.3, 0.4) is 0 Å². The zero-order chi connectivity index (χ0) is 16.1. The van der Waals surface area contributed by atoms with Gasteiger partial charge in [0.15, 0.2) is 0 Å². The second kappa shape index (κ2) is 8.71. The number of nitrogens with one attached hydrogen (secondary N) is 2. The molecular formula is C19H23ClN2O2. The lowest BCUT2D eigenvalue weighted by atomic mass is 10.0. The normalized spacial score (nSPS) is 16.3. The minimum atomic E-state index is -0.0222. The van der Waals surface area contributed by atoms with Gasteiger partial charge in [-0.1, -0.05) is 36.4 Å². The molecule has 1 unspecified atom stereocenters. The first-order valence-electron chi connectivity index (χ1n) is 8.01. The molecule has 0 bridgehead atoms. The van der Waals surface area contributed by atoms with E-state index < -0.39 is 0 Å². The van der Waals surface area contributed by atoms with E-state index in [4.69, 9.17) is 4.74 Å². The molecule has 0 saturated carbocycles. The van der Waals surface area contributed by atoms with Crippen molar-refractivity contribution in [1.82, 2.24) is 10.6 Å². The summed E-state index contributed by atoms with van der Waals surface area (Å²) in [5.41, 5.74) is 3.36. The van der Waals surface area contributed by atoms with E-state index in [1.807, 2.05) is 18.2 Å². The Labute approximate surface area is 149 Å². The molecule has 0 aliphatic carbocycles. The topological polar surface area (TPSA) is 50.4 Å². The molecule has 4 nitrogen and oxygen atoms in total. The number of hydrogen-bond donors (Lipinski definition) is 2. The largest absolute Gasteiger partial charge is 0.497 e. The van der Waals surface area contributed by atoms with Gasteiger partial charge < -0.3 is 15.4 Å². The van der Waals surface area contributed by atoms with Crippen molar-refractivity contribution >= 4 is 18.3 Å². The number of methoxy groups -OCH3 is 1. The lowest BCUT2D eigenvalue weighted by Crippen LogP contribution is -2.39. The smallest absolute Gasteiger partial charge is 0.237 e. The number of hydrogen-bond acceptors (Lipinski definition) is 3. The summed E-state index contributed by atoms with van der Waals surface area (Å²) in [7, 11) is 1.67. The van der Waals surface area contributed by atoms with Crippen LogP contribution in [0, 0.1) is 0 Å². The van der Waals surface area contributed by atoms with Crippen molar-refractivity contribution in [2.75, 3.05) is 13.7 Å². The minimum Gasteiger partial charge on any atom is -0.497 e. The van der Waals surface area contributed by atoms with Crippen LogP contribution in [0.5, 0.6) is 5.75 Å². The van der Waals surface area contributed by atoms with Crippen LogP contribution < -0.4 is 15.4 Å². The van der Waals surface area contributed by atoms with Crippen LogP contribution in [0.1, 0.15) is 18.4 Å². The second-order valence-electron chi connectivity index (χ2n) is 5.80. The van der Waals surface area contributed by atoms with Gasteiger partial charge >= 0.3 is 0 Å². The fourth-order valence-electron chi connectivity index (χ4n) is 2.84. The minimum absolute atomic E-state index is 0. The Morgan fingerprint density at radius 1 is 1.21 bits per heavy atom. The fraction of sp³-hybridized carbons (Fsp3) is 0.316. The fourth-order valence-corrected chi connectivity index (χ4v) is 2.84. The molecule has 2 aromatic rings. The summed E-state index contributed by atoms with van der Waals surface area (Å²) in [6, 6.07) is 16.2. The highest BCUT2D eigenvalue weighted by molar-refractivity contribution is 5.85. The van der Waals surface area contributed by atoms with E-state index in [0.29, 0.717) is 6.54 Å². The molecule has 0 aromatic heterocycles. The predicted octanol–water partition coefficient (Wildman–Crippen LogP) is 3.15. The summed E-state index contributed by atoms with van der Waals surface area (Å²) < 4.78 is 5.26. The molecule has 1 aliphatic rings. The summed E-state index contributed by atoms with van der Waals surface area (Å²) >= 11 is 0. The summed E-state index contributed by atoms with van der Waals surface area (Å²) in [5.74, 6) is 0.947. The van der Waals surface area contributed by atoms with Crippen molar-refractivity contribution in [3.63, 3.8) is 0 Å². The van der Waals surface area contributed by atoms with E-state index in [9.17, 15) is 4.79 Å². The van der Waals surface area contributed by atoms with Crippen LogP contribution in [0.25, 0.3) is 11.1 Å². The van der Waals surface area contributed by atoms with E-state index in [1.54, 1.807) is 7.11 Å². The van der Waals surface area contributed by atoms with E-state index in [1.165, 1.54) is 0 Å². The third-order valence-corrected chi connectivity index (χ3v) is 4.20. The van der Waals surface area contributed by atoms with Crippen molar-refractivity contribution in [3.05, 3.63) is 54.1 Å². The Bertz CT molecular complexity index is 667. The summed E-state index contributed by atoms with van der Waals surface area (Å²) in [6.07, 6.45) is 2.01. The number of ether oxygens (including phenoxy) is 1. The monoisotopic (exact) mass is 346 g/mol. The van der Waals surface area contributed by atoms with Gasteiger partial charge in [-0.2, -0.15) is 0 Å². The Hall–Kier alpha value is -2.04. The molecule has 0 radical (unpaired) electrons. The Morgan fingerprint density at radius 3 is 2.67 bits per heavy atom. The molecule has 5 heteroatoms. The number of amides is 1. The lowest BCUT2D eigenvalue weighted by Gasteiger charge is -2.11. The van der Waals surface area contributed by atoms with Crippen molar-refractivity contribution < 1.29 is 9.53 Å². The quantitative estimate of drug-likeness (QED) is 0.874. The van der Waals surface area contributed by atoms with Crippen LogP contribution in [0.4, 0.5) is 0 Å². The van der Waals surface area contributed by atoms with Crippen LogP contribution in [0.15, 0.2) is 48.5 Å². The molecule has 1 saturated heterocycles. The Balaban J connectivity index is 0.00000208. The molecular weight excluding hydrogens is 324 g/mol. The van der Waals surface area contributed by atoms with E-state index >= 15 is 0 Å². The molecule has 24 heavy (non-hydrogen) atoms.